The van der Waals surface area contributed by atoms with Gasteiger partial charge in [-0.3, -0.25) is 13.9 Å². The van der Waals surface area contributed by atoms with Crippen LogP contribution in [0.4, 0.5) is 11.4 Å². The molecule has 0 aliphatic rings. The molecule has 0 aliphatic carbocycles. The maximum Gasteiger partial charge on any atom is 0.290 e. The van der Waals surface area contributed by atoms with Gasteiger partial charge in [-0.1, -0.05) is 12.1 Å². The van der Waals surface area contributed by atoms with E-state index in [0.717, 1.165) is 0 Å². The number of nitrogens with zero attached hydrogens (tertiary/aromatic N) is 4. The van der Waals surface area contributed by atoms with Crippen LogP contribution in [0.3, 0.4) is 0 Å². The van der Waals surface area contributed by atoms with Crippen LogP contribution in [0.25, 0.3) is 11.4 Å². The number of hydrogen-bond donors (Lipinski definition) is 1. The van der Waals surface area contributed by atoms with Gasteiger partial charge in [0, 0.05) is 0 Å². The molecule has 184 valence electrons. The molecule has 3 aromatic carbocycles. The molecule has 1 N–H and O–H groups in total. The number of methoxy groups -OCH3 is 2. The van der Waals surface area contributed by atoms with Crippen molar-refractivity contribution in [2.45, 2.75) is 6.92 Å². The van der Waals surface area contributed by atoms with Gasteiger partial charge in [0.25, 0.3) is 5.56 Å². The van der Waals surface area contributed by atoms with Crippen LogP contribution >= 0.6 is 12.2 Å². The fourth-order valence-electron chi connectivity index (χ4n) is 3.55. The van der Waals surface area contributed by atoms with E-state index in [9.17, 15) is 9.90 Å². The minimum Gasteiger partial charge on any atom is -0.497 e. The first-order chi connectivity index (χ1) is 17.5. The van der Waals surface area contributed by atoms with Crippen LogP contribution in [0, 0.1) is 4.77 Å². The molecule has 36 heavy (non-hydrogen) atoms. The Hall–Kier alpha value is -4.44. The monoisotopic (exact) mass is 504 g/mol. The van der Waals surface area contributed by atoms with Crippen molar-refractivity contribution in [1.29, 1.82) is 0 Å². The lowest BCUT2D eigenvalue weighted by molar-refractivity contribution is 0.340. The number of hydrogen-bond acceptors (Lipinski definition) is 8. The van der Waals surface area contributed by atoms with E-state index in [1.54, 1.807) is 79.9 Å². The smallest absolute Gasteiger partial charge is 0.290 e. The zero-order valence-corrected chi connectivity index (χ0v) is 20.7. The van der Waals surface area contributed by atoms with Crippen LogP contribution in [0.2, 0.25) is 0 Å². The summed E-state index contributed by atoms with van der Waals surface area (Å²) in [7, 11) is 3.06. The van der Waals surface area contributed by atoms with Gasteiger partial charge in [-0.2, -0.15) is 5.11 Å². The Labute approximate surface area is 212 Å². The normalized spacial score (nSPS) is 11.0. The maximum atomic E-state index is 13.6. The van der Waals surface area contributed by atoms with Crippen molar-refractivity contribution in [1.82, 2.24) is 9.13 Å². The van der Waals surface area contributed by atoms with Gasteiger partial charge in [-0.15, -0.1) is 5.11 Å². The summed E-state index contributed by atoms with van der Waals surface area (Å²) in [6.45, 7) is 2.43. The summed E-state index contributed by atoms with van der Waals surface area (Å²) in [5.41, 5.74) is 0.441. The zero-order valence-electron chi connectivity index (χ0n) is 19.9. The highest BCUT2D eigenvalue weighted by molar-refractivity contribution is 7.71. The van der Waals surface area contributed by atoms with Gasteiger partial charge < -0.3 is 19.3 Å². The predicted octanol–water partition coefficient (Wildman–Crippen LogP) is 5.89. The van der Waals surface area contributed by atoms with E-state index >= 15 is 0 Å². The van der Waals surface area contributed by atoms with E-state index in [1.165, 1.54) is 16.2 Å². The van der Waals surface area contributed by atoms with Gasteiger partial charge in [0.2, 0.25) is 11.6 Å². The Bertz CT molecular complexity index is 1510. The largest absolute Gasteiger partial charge is 0.497 e. The lowest BCUT2D eigenvalue weighted by Crippen LogP contribution is -2.23. The second-order valence-electron chi connectivity index (χ2n) is 7.43. The molecule has 0 radical (unpaired) electrons. The molecular weight excluding hydrogens is 480 g/mol. The Morgan fingerprint density at radius 3 is 2.17 bits per heavy atom. The van der Waals surface area contributed by atoms with Gasteiger partial charge in [0.15, 0.2) is 4.77 Å². The van der Waals surface area contributed by atoms with Crippen molar-refractivity contribution in [3.8, 4) is 34.5 Å². The molecular formula is C26H24N4O5S. The Kier molecular flexibility index (Phi) is 7.45. The topological polar surface area (TPSA) is 99.6 Å². The maximum absolute atomic E-state index is 13.6. The van der Waals surface area contributed by atoms with E-state index in [-0.39, 0.29) is 10.5 Å². The average Bonchev–Trinajstić information content (AvgIpc) is 2.90. The molecule has 0 fully saturated rings. The first kappa shape index (κ1) is 24.7. The molecule has 10 heteroatoms. The van der Waals surface area contributed by atoms with Gasteiger partial charge in [0.1, 0.15) is 17.2 Å². The molecule has 4 aromatic rings. The summed E-state index contributed by atoms with van der Waals surface area (Å²) in [4.78, 5) is 13.6. The molecule has 1 aromatic heterocycles. The number of benzene rings is 3. The summed E-state index contributed by atoms with van der Waals surface area (Å²) in [6, 6.07) is 20.7. The fourth-order valence-corrected chi connectivity index (χ4v) is 3.92. The number of aromatic hydroxyl groups is 1. The van der Waals surface area contributed by atoms with Crippen molar-refractivity contribution < 1.29 is 19.3 Å². The van der Waals surface area contributed by atoms with Crippen molar-refractivity contribution in [2.75, 3.05) is 20.8 Å². The van der Waals surface area contributed by atoms with E-state index in [4.69, 9.17) is 26.4 Å². The van der Waals surface area contributed by atoms with Gasteiger partial charge in [0.05, 0.1) is 37.9 Å². The second-order valence-corrected chi connectivity index (χ2v) is 7.79. The first-order valence-corrected chi connectivity index (χ1v) is 11.4. The number of para-hydroxylation sites is 2. The van der Waals surface area contributed by atoms with E-state index in [2.05, 4.69) is 10.2 Å². The van der Waals surface area contributed by atoms with Gasteiger partial charge in [-0.25, -0.2) is 0 Å². The molecule has 0 amide bonds. The van der Waals surface area contributed by atoms with Crippen LogP contribution in [0.5, 0.6) is 23.1 Å². The van der Waals surface area contributed by atoms with E-state index in [0.29, 0.717) is 40.9 Å². The van der Waals surface area contributed by atoms with Crippen molar-refractivity contribution in [2.24, 2.45) is 10.2 Å². The summed E-state index contributed by atoms with van der Waals surface area (Å²) in [5.74, 6) is 1.28. The third-order valence-corrected chi connectivity index (χ3v) is 5.65. The molecule has 1 heterocycles. The van der Waals surface area contributed by atoms with Crippen molar-refractivity contribution in [3.05, 3.63) is 87.9 Å². The summed E-state index contributed by atoms with van der Waals surface area (Å²) in [6.07, 6.45) is 0. The molecule has 0 saturated heterocycles. The molecule has 0 atom stereocenters. The molecule has 0 saturated carbocycles. The van der Waals surface area contributed by atoms with Crippen LogP contribution < -0.4 is 19.8 Å². The molecule has 0 aliphatic heterocycles. The van der Waals surface area contributed by atoms with Gasteiger partial charge in [-0.05, 0) is 79.8 Å². The van der Waals surface area contributed by atoms with Crippen LogP contribution in [0.15, 0.2) is 87.8 Å². The molecule has 0 spiro atoms. The Balaban J connectivity index is 1.94. The summed E-state index contributed by atoms with van der Waals surface area (Å²) >= 11 is 5.67. The van der Waals surface area contributed by atoms with Crippen LogP contribution in [-0.2, 0) is 0 Å². The third kappa shape index (κ3) is 4.84. The second kappa shape index (κ2) is 10.9. The lowest BCUT2D eigenvalue weighted by Gasteiger charge is -2.17. The average molecular weight is 505 g/mol. The minimum atomic E-state index is -0.636. The van der Waals surface area contributed by atoms with Crippen LogP contribution in [-0.4, -0.2) is 35.1 Å². The highest BCUT2D eigenvalue weighted by atomic mass is 32.1. The van der Waals surface area contributed by atoms with Crippen LogP contribution in [0.1, 0.15) is 6.92 Å². The summed E-state index contributed by atoms with van der Waals surface area (Å²) < 4.78 is 18.8. The standard InChI is InChI=1S/C26H24N4O5S/c1-4-35-20-13-9-17(10-14-20)27-28-23-24(31)29(18-11-15-19(33-2)16-12-18)26(36)30(25(23)32)21-7-5-6-8-22(21)34-3/h5-16,32H,4H2,1-3H3. The highest BCUT2D eigenvalue weighted by Gasteiger charge is 2.21. The third-order valence-electron chi connectivity index (χ3n) is 5.28. The molecule has 4 rings (SSSR count). The van der Waals surface area contributed by atoms with Crippen molar-refractivity contribution >= 4 is 23.6 Å². The predicted molar refractivity (Wildman–Crippen MR) is 139 cm³/mol. The fraction of sp³-hybridized carbons (Fsp3) is 0.154. The first-order valence-electron chi connectivity index (χ1n) is 11.0. The van der Waals surface area contributed by atoms with Gasteiger partial charge >= 0.3 is 0 Å². The number of rotatable bonds is 8. The Morgan fingerprint density at radius 2 is 1.53 bits per heavy atom. The molecule has 0 unspecified atom stereocenters. The SMILES string of the molecule is CCOc1ccc(N=Nc2c(O)n(-c3ccccc3OC)c(=S)n(-c3ccc(OC)cc3)c2=O)cc1. The minimum absolute atomic E-state index is 0.0205. The molecule has 9 nitrogen and oxygen atoms in total. The highest BCUT2D eigenvalue weighted by Crippen LogP contribution is 2.33. The zero-order chi connectivity index (χ0) is 25.7. The van der Waals surface area contributed by atoms with Crippen molar-refractivity contribution in [3.63, 3.8) is 0 Å². The quantitative estimate of drug-likeness (QED) is 0.237. The molecule has 0 bridgehead atoms. The van der Waals surface area contributed by atoms with E-state index in [1.807, 2.05) is 6.92 Å². The summed E-state index contributed by atoms with van der Waals surface area (Å²) in [5, 5.41) is 19.5. The lowest BCUT2D eigenvalue weighted by atomic mass is 10.2. The number of aromatic nitrogens is 2. The number of ether oxygens (including phenoxy) is 3. The number of azo groups is 1. The van der Waals surface area contributed by atoms with E-state index < -0.39 is 11.4 Å². The Morgan fingerprint density at radius 1 is 0.861 bits per heavy atom.